The first-order chi connectivity index (χ1) is 15.3. The van der Waals surface area contributed by atoms with Gasteiger partial charge in [-0.15, -0.1) is 0 Å². The van der Waals surface area contributed by atoms with Crippen molar-refractivity contribution < 1.29 is 14.2 Å². The highest BCUT2D eigenvalue weighted by atomic mass is 16.5. The van der Waals surface area contributed by atoms with Crippen molar-refractivity contribution in [3.05, 3.63) is 35.4 Å². The maximum absolute atomic E-state index is 5.76. The van der Waals surface area contributed by atoms with Crippen molar-refractivity contribution >= 4 is 5.96 Å². The maximum Gasteiger partial charge on any atom is 0.191 e. The number of hydrogen-bond acceptors (Lipinski definition) is 5. The number of guanidine groups is 1. The average Bonchev–Trinajstić information content (AvgIpc) is 3.30. The Bertz CT molecular complexity index is 658. The summed E-state index contributed by atoms with van der Waals surface area (Å²) in [6, 6.07) is 9.04. The van der Waals surface area contributed by atoms with Gasteiger partial charge in [-0.05, 0) is 38.7 Å². The standard InChI is InChI=1S/C24H40N4O3/c1-3-25-24(26-10-6-13-30-19-22-9-5-14-31-22)27-18-23(28-11-15-29-16-12-28)21-8-4-7-20(2)17-21/h4,7-8,17,22-23H,3,5-6,9-16,18-19H2,1-2H3,(H2,25,26,27). The van der Waals surface area contributed by atoms with Crippen LogP contribution in [0, 0.1) is 6.92 Å². The first kappa shape index (κ1) is 24.0. The molecule has 2 unspecified atom stereocenters. The highest BCUT2D eigenvalue weighted by Gasteiger charge is 2.22. The van der Waals surface area contributed by atoms with E-state index < -0.39 is 0 Å². The van der Waals surface area contributed by atoms with Crippen LogP contribution < -0.4 is 10.6 Å². The van der Waals surface area contributed by atoms with Gasteiger partial charge in [0.2, 0.25) is 0 Å². The van der Waals surface area contributed by atoms with Crippen molar-refractivity contribution in [1.29, 1.82) is 0 Å². The molecule has 3 rings (SSSR count). The SMILES string of the molecule is CCNC(=NCC(c1cccc(C)c1)N1CCOCC1)NCCCOCC1CCCO1. The summed E-state index contributed by atoms with van der Waals surface area (Å²) in [7, 11) is 0. The fraction of sp³-hybridized carbons (Fsp3) is 0.708. The Kier molecular flexibility index (Phi) is 10.6. The number of morpholine rings is 1. The van der Waals surface area contributed by atoms with E-state index in [1.165, 1.54) is 11.1 Å². The Morgan fingerprint density at radius 3 is 2.87 bits per heavy atom. The number of nitrogens with one attached hydrogen (secondary N) is 2. The molecule has 2 N–H and O–H groups in total. The van der Waals surface area contributed by atoms with E-state index in [2.05, 4.69) is 53.6 Å². The van der Waals surface area contributed by atoms with Gasteiger partial charge in [0.15, 0.2) is 5.96 Å². The molecular formula is C24H40N4O3. The number of nitrogens with zero attached hydrogens (tertiary/aromatic N) is 2. The highest BCUT2D eigenvalue weighted by molar-refractivity contribution is 5.79. The van der Waals surface area contributed by atoms with Crippen LogP contribution in [0.1, 0.15) is 43.4 Å². The molecule has 0 radical (unpaired) electrons. The third-order valence-electron chi connectivity index (χ3n) is 5.77. The van der Waals surface area contributed by atoms with E-state index in [0.717, 1.165) is 77.8 Å². The van der Waals surface area contributed by atoms with Crippen molar-refractivity contribution in [3.63, 3.8) is 0 Å². The molecule has 2 fully saturated rings. The molecule has 0 bridgehead atoms. The minimum Gasteiger partial charge on any atom is -0.379 e. The summed E-state index contributed by atoms with van der Waals surface area (Å²) in [5, 5.41) is 6.83. The van der Waals surface area contributed by atoms with E-state index in [9.17, 15) is 0 Å². The minimum absolute atomic E-state index is 0.258. The van der Waals surface area contributed by atoms with Crippen LogP contribution in [0.2, 0.25) is 0 Å². The normalized spacial score (nSPS) is 21.2. The first-order valence-electron chi connectivity index (χ1n) is 11.9. The fourth-order valence-corrected chi connectivity index (χ4v) is 4.09. The topological polar surface area (TPSA) is 67.4 Å². The molecule has 174 valence electrons. The van der Waals surface area contributed by atoms with E-state index in [0.29, 0.717) is 19.3 Å². The van der Waals surface area contributed by atoms with Crippen LogP contribution in [-0.2, 0) is 14.2 Å². The van der Waals surface area contributed by atoms with Gasteiger partial charge < -0.3 is 24.8 Å². The third-order valence-corrected chi connectivity index (χ3v) is 5.77. The summed E-state index contributed by atoms with van der Waals surface area (Å²) in [4.78, 5) is 7.42. The molecule has 0 spiro atoms. The Labute approximate surface area is 187 Å². The van der Waals surface area contributed by atoms with Crippen molar-refractivity contribution in [1.82, 2.24) is 15.5 Å². The van der Waals surface area contributed by atoms with Crippen LogP contribution >= 0.6 is 0 Å². The van der Waals surface area contributed by atoms with E-state index in [4.69, 9.17) is 19.2 Å². The van der Waals surface area contributed by atoms with Crippen molar-refractivity contribution in [2.24, 2.45) is 4.99 Å². The van der Waals surface area contributed by atoms with Crippen molar-refractivity contribution in [3.8, 4) is 0 Å². The molecule has 0 aliphatic carbocycles. The summed E-state index contributed by atoms with van der Waals surface area (Å²) in [6.45, 7) is 12.4. The summed E-state index contributed by atoms with van der Waals surface area (Å²) in [5.74, 6) is 0.868. The van der Waals surface area contributed by atoms with Gasteiger partial charge in [-0.2, -0.15) is 0 Å². The van der Waals surface area contributed by atoms with Crippen LogP contribution in [0.15, 0.2) is 29.3 Å². The lowest BCUT2D eigenvalue weighted by molar-refractivity contribution is 0.0168. The molecule has 2 aliphatic rings. The van der Waals surface area contributed by atoms with Crippen LogP contribution in [0.25, 0.3) is 0 Å². The lowest BCUT2D eigenvalue weighted by atomic mass is 10.0. The molecule has 2 saturated heterocycles. The summed E-state index contributed by atoms with van der Waals surface area (Å²) < 4.78 is 16.9. The summed E-state index contributed by atoms with van der Waals surface area (Å²) >= 11 is 0. The second-order valence-corrected chi connectivity index (χ2v) is 8.29. The molecule has 7 heteroatoms. The quantitative estimate of drug-likeness (QED) is 0.318. The molecule has 2 atom stereocenters. The van der Waals surface area contributed by atoms with Crippen LogP contribution in [0.3, 0.4) is 0 Å². The van der Waals surface area contributed by atoms with Gasteiger partial charge in [0.1, 0.15) is 0 Å². The van der Waals surface area contributed by atoms with Gasteiger partial charge in [-0.25, -0.2) is 0 Å². The number of benzene rings is 1. The Morgan fingerprint density at radius 2 is 2.13 bits per heavy atom. The van der Waals surface area contributed by atoms with E-state index >= 15 is 0 Å². The van der Waals surface area contributed by atoms with E-state index in [-0.39, 0.29) is 6.04 Å². The number of ether oxygens (including phenoxy) is 3. The van der Waals surface area contributed by atoms with Gasteiger partial charge >= 0.3 is 0 Å². The van der Waals surface area contributed by atoms with Crippen LogP contribution in [0.5, 0.6) is 0 Å². The summed E-state index contributed by atoms with van der Waals surface area (Å²) in [6.07, 6.45) is 3.53. The molecule has 2 heterocycles. The molecule has 2 aliphatic heterocycles. The predicted molar refractivity (Wildman–Crippen MR) is 125 cm³/mol. The zero-order chi connectivity index (χ0) is 21.7. The lowest BCUT2D eigenvalue weighted by Gasteiger charge is -2.34. The Balaban J connectivity index is 1.50. The van der Waals surface area contributed by atoms with Gasteiger partial charge in [-0.3, -0.25) is 9.89 Å². The first-order valence-corrected chi connectivity index (χ1v) is 11.9. The predicted octanol–water partition coefficient (Wildman–Crippen LogP) is 2.51. The monoisotopic (exact) mass is 432 g/mol. The molecule has 0 amide bonds. The number of hydrogen-bond donors (Lipinski definition) is 2. The molecule has 1 aromatic carbocycles. The van der Waals surface area contributed by atoms with Crippen LogP contribution in [0.4, 0.5) is 0 Å². The van der Waals surface area contributed by atoms with E-state index in [1.54, 1.807) is 0 Å². The molecule has 1 aromatic rings. The minimum atomic E-state index is 0.258. The number of rotatable bonds is 11. The highest BCUT2D eigenvalue weighted by Crippen LogP contribution is 2.23. The molecule has 31 heavy (non-hydrogen) atoms. The van der Waals surface area contributed by atoms with Gasteiger partial charge in [0.05, 0.1) is 38.5 Å². The van der Waals surface area contributed by atoms with Crippen molar-refractivity contribution in [2.75, 3.05) is 65.8 Å². The molecule has 7 nitrogen and oxygen atoms in total. The molecular weight excluding hydrogens is 392 g/mol. The average molecular weight is 433 g/mol. The number of aliphatic imine (C=N–C) groups is 1. The molecule has 0 saturated carbocycles. The third kappa shape index (κ3) is 8.41. The maximum atomic E-state index is 5.76. The Hall–Kier alpha value is -1.67. The van der Waals surface area contributed by atoms with Crippen LogP contribution in [-0.4, -0.2) is 82.7 Å². The second-order valence-electron chi connectivity index (χ2n) is 8.29. The largest absolute Gasteiger partial charge is 0.379 e. The number of aryl methyl sites for hydroxylation is 1. The Morgan fingerprint density at radius 1 is 1.26 bits per heavy atom. The zero-order valence-electron chi connectivity index (χ0n) is 19.3. The van der Waals surface area contributed by atoms with Gasteiger partial charge in [-0.1, -0.05) is 29.8 Å². The lowest BCUT2D eigenvalue weighted by Crippen LogP contribution is -2.42. The van der Waals surface area contributed by atoms with E-state index in [1.807, 2.05) is 0 Å². The molecule has 0 aromatic heterocycles. The zero-order valence-corrected chi connectivity index (χ0v) is 19.3. The second kappa shape index (κ2) is 13.7. The fourth-order valence-electron chi connectivity index (χ4n) is 4.09. The summed E-state index contributed by atoms with van der Waals surface area (Å²) in [5.41, 5.74) is 2.61. The van der Waals surface area contributed by atoms with Gasteiger partial charge in [0, 0.05) is 39.4 Å². The van der Waals surface area contributed by atoms with Gasteiger partial charge in [0.25, 0.3) is 0 Å². The van der Waals surface area contributed by atoms with Crippen molar-refractivity contribution in [2.45, 2.75) is 45.3 Å². The smallest absolute Gasteiger partial charge is 0.191 e.